The maximum absolute atomic E-state index is 14.1. The van der Waals surface area contributed by atoms with Crippen molar-refractivity contribution in [2.24, 2.45) is 5.92 Å². The van der Waals surface area contributed by atoms with Gasteiger partial charge in [0.25, 0.3) is 17.7 Å². The lowest BCUT2D eigenvalue weighted by atomic mass is 9.87. The zero-order chi connectivity index (χ0) is 23.6. The average Bonchev–Trinajstić information content (AvgIpc) is 3.14. The number of fused-ring (bicyclic) bond motifs is 1. The van der Waals surface area contributed by atoms with E-state index in [1.165, 1.54) is 13.1 Å². The fourth-order valence-corrected chi connectivity index (χ4v) is 4.73. The summed E-state index contributed by atoms with van der Waals surface area (Å²) in [5.41, 5.74) is 2.38. The number of halogens is 2. The first-order valence-electron chi connectivity index (χ1n) is 11.3. The summed E-state index contributed by atoms with van der Waals surface area (Å²) in [5.74, 6) is -3.96. The van der Waals surface area contributed by atoms with E-state index in [1.54, 1.807) is 6.07 Å². The molecule has 2 aliphatic rings. The number of carbonyl (C=O) groups excluding carboxylic acids is 2. The number of piperidine rings is 1. The van der Waals surface area contributed by atoms with Crippen LogP contribution in [0.5, 0.6) is 5.75 Å². The number of alkyl halides is 2. The molecule has 6 nitrogen and oxygen atoms in total. The van der Waals surface area contributed by atoms with Crippen LogP contribution < -0.4 is 20.7 Å². The molecule has 3 atom stereocenters. The van der Waals surface area contributed by atoms with Crippen LogP contribution in [0.1, 0.15) is 57.5 Å². The van der Waals surface area contributed by atoms with Crippen molar-refractivity contribution in [1.82, 2.24) is 16.0 Å². The summed E-state index contributed by atoms with van der Waals surface area (Å²) in [6.07, 6.45) is -0.235. The highest BCUT2D eigenvalue weighted by Crippen LogP contribution is 2.45. The van der Waals surface area contributed by atoms with Gasteiger partial charge in [-0.3, -0.25) is 9.59 Å². The first kappa shape index (κ1) is 23.2. The molecule has 2 aromatic rings. The summed E-state index contributed by atoms with van der Waals surface area (Å²) in [6.45, 7) is 2.60. The Balaban J connectivity index is 1.58. The Morgan fingerprint density at radius 1 is 1.18 bits per heavy atom. The van der Waals surface area contributed by atoms with Gasteiger partial charge in [-0.2, -0.15) is 0 Å². The van der Waals surface area contributed by atoms with Crippen molar-refractivity contribution < 1.29 is 23.1 Å². The van der Waals surface area contributed by atoms with E-state index in [0.717, 1.165) is 11.1 Å². The molecule has 0 aliphatic carbocycles. The van der Waals surface area contributed by atoms with Crippen molar-refractivity contribution in [2.45, 2.75) is 37.7 Å². The molecule has 8 heteroatoms. The quantitative estimate of drug-likeness (QED) is 0.622. The second kappa shape index (κ2) is 9.47. The van der Waals surface area contributed by atoms with Gasteiger partial charge in [0.2, 0.25) is 0 Å². The molecule has 2 aromatic carbocycles. The maximum Gasteiger partial charge on any atom is 0.254 e. The molecule has 1 saturated heterocycles. The summed E-state index contributed by atoms with van der Waals surface area (Å²) >= 11 is 0. The van der Waals surface area contributed by atoms with Crippen molar-refractivity contribution in [3.63, 3.8) is 0 Å². The van der Waals surface area contributed by atoms with Crippen LogP contribution in [0.2, 0.25) is 0 Å². The van der Waals surface area contributed by atoms with Gasteiger partial charge < -0.3 is 20.7 Å². The summed E-state index contributed by atoms with van der Waals surface area (Å²) in [4.78, 5) is 25.5. The van der Waals surface area contributed by atoms with E-state index in [4.69, 9.17) is 4.74 Å². The second-order valence-corrected chi connectivity index (χ2v) is 8.69. The monoisotopic (exact) mass is 457 g/mol. The number of carbonyl (C=O) groups is 2. The molecule has 2 aliphatic heterocycles. The molecule has 2 heterocycles. The lowest BCUT2D eigenvalue weighted by molar-refractivity contribution is -0.0801. The molecule has 33 heavy (non-hydrogen) atoms. The molecule has 1 fully saturated rings. The molecule has 0 aromatic heterocycles. The zero-order valence-electron chi connectivity index (χ0n) is 18.8. The predicted octanol–water partition coefficient (Wildman–Crippen LogP) is 3.32. The van der Waals surface area contributed by atoms with Gasteiger partial charge in [-0.05, 0) is 31.0 Å². The molecule has 1 unspecified atom stereocenters. The van der Waals surface area contributed by atoms with Crippen LogP contribution in [0.4, 0.5) is 8.78 Å². The SMILES string of the molecule is CNC(=O)c1cc(C(=O)NCCC2CNCCC2(F)F)cc2c1O[C@H](C)[C@H]2c1ccccc1. The molecule has 0 spiro atoms. The van der Waals surface area contributed by atoms with Crippen molar-refractivity contribution >= 4 is 11.8 Å². The number of nitrogens with one attached hydrogen (secondary N) is 3. The molecule has 0 radical (unpaired) electrons. The van der Waals surface area contributed by atoms with Gasteiger partial charge in [0, 0.05) is 56.1 Å². The predicted molar refractivity (Wildman–Crippen MR) is 121 cm³/mol. The van der Waals surface area contributed by atoms with Crippen molar-refractivity contribution in [3.8, 4) is 5.75 Å². The largest absolute Gasteiger partial charge is 0.489 e. The number of benzene rings is 2. The van der Waals surface area contributed by atoms with Crippen LogP contribution in [-0.2, 0) is 0 Å². The average molecular weight is 458 g/mol. The zero-order valence-corrected chi connectivity index (χ0v) is 18.8. The third-order valence-electron chi connectivity index (χ3n) is 6.52. The van der Waals surface area contributed by atoms with E-state index >= 15 is 0 Å². The molecule has 176 valence electrons. The number of hydrogen-bond donors (Lipinski definition) is 3. The normalized spacial score (nSPS) is 23.3. The van der Waals surface area contributed by atoms with Gasteiger partial charge in [0.1, 0.15) is 11.9 Å². The molecule has 4 rings (SSSR count). The van der Waals surface area contributed by atoms with Gasteiger partial charge in [-0.1, -0.05) is 30.3 Å². The molecular formula is C25H29F2N3O3. The second-order valence-electron chi connectivity index (χ2n) is 8.69. The molecular weight excluding hydrogens is 428 g/mol. The number of ether oxygens (including phenoxy) is 1. The summed E-state index contributed by atoms with van der Waals surface area (Å²) in [7, 11) is 1.52. The Morgan fingerprint density at radius 2 is 1.94 bits per heavy atom. The maximum atomic E-state index is 14.1. The van der Waals surface area contributed by atoms with Crippen molar-refractivity contribution in [3.05, 3.63) is 64.7 Å². The summed E-state index contributed by atoms with van der Waals surface area (Å²) in [5, 5.41) is 8.34. The summed E-state index contributed by atoms with van der Waals surface area (Å²) < 4.78 is 34.2. The summed E-state index contributed by atoms with van der Waals surface area (Å²) in [6, 6.07) is 13.0. The lowest BCUT2D eigenvalue weighted by Crippen LogP contribution is -2.45. The van der Waals surface area contributed by atoms with Crippen LogP contribution in [-0.4, -0.2) is 50.5 Å². The van der Waals surface area contributed by atoms with Crippen LogP contribution >= 0.6 is 0 Å². The van der Waals surface area contributed by atoms with E-state index in [1.807, 2.05) is 37.3 Å². The Kier molecular flexibility index (Phi) is 6.65. The highest BCUT2D eigenvalue weighted by Gasteiger charge is 2.41. The Morgan fingerprint density at radius 3 is 2.64 bits per heavy atom. The minimum absolute atomic E-state index is 0.127. The van der Waals surface area contributed by atoms with E-state index in [-0.39, 0.29) is 49.4 Å². The number of hydrogen-bond acceptors (Lipinski definition) is 4. The van der Waals surface area contributed by atoms with Crippen LogP contribution in [0, 0.1) is 5.92 Å². The van der Waals surface area contributed by atoms with E-state index in [0.29, 0.717) is 17.9 Å². The number of rotatable bonds is 6. The van der Waals surface area contributed by atoms with Gasteiger partial charge in [0.05, 0.1) is 5.56 Å². The minimum atomic E-state index is -2.73. The smallest absolute Gasteiger partial charge is 0.254 e. The fraction of sp³-hybridized carbons (Fsp3) is 0.440. The van der Waals surface area contributed by atoms with Gasteiger partial charge in [-0.15, -0.1) is 0 Å². The van der Waals surface area contributed by atoms with Crippen LogP contribution in [0.3, 0.4) is 0 Å². The standard InChI is InChI=1S/C25H29F2N3O3/c1-15-21(16-6-4-3-5-7-16)19-12-17(13-20(22(19)33-15)24(32)28-2)23(31)30-10-8-18-14-29-11-9-25(18,26)27/h3-7,12-13,15,18,21,29H,8-11,14H2,1-2H3,(H,28,32)(H,30,31)/t15-,18?,21+/m1/s1. The third-order valence-corrected chi connectivity index (χ3v) is 6.52. The topological polar surface area (TPSA) is 79.5 Å². The third kappa shape index (κ3) is 4.71. The van der Waals surface area contributed by atoms with Crippen molar-refractivity contribution in [2.75, 3.05) is 26.7 Å². The van der Waals surface area contributed by atoms with E-state index in [2.05, 4.69) is 16.0 Å². The van der Waals surface area contributed by atoms with Crippen LogP contribution in [0.15, 0.2) is 42.5 Å². The van der Waals surface area contributed by atoms with Crippen LogP contribution in [0.25, 0.3) is 0 Å². The Bertz CT molecular complexity index is 1030. The fourth-order valence-electron chi connectivity index (χ4n) is 4.73. The molecule has 3 N–H and O–H groups in total. The lowest BCUT2D eigenvalue weighted by Gasteiger charge is -2.31. The van der Waals surface area contributed by atoms with Gasteiger partial charge in [0.15, 0.2) is 0 Å². The molecule has 0 bridgehead atoms. The van der Waals surface area contributed by atoms with Gasteiger partial charge >= 0.3 is 0 Å². The highest BCUT2D eigenvalue weighted by atomic mass is 19.3. The first-order chi connectivity index (χ1) is 15.8. The molecule has 0 saturated carbocycles. The van der Waals surface area contributed by atoms with Gasteiger partial charge in [-0.25, -0.2) is 8.78 Å². The van der Waals surface area contributed by atoms with E-state index in [9.17, 15) is 18.4 Å². The van der Waals surface area contributed by atoms with Crippen molar-refractivity contribution in [1.29, 1.82) is 0 Å². The highest BCUT2D eigenvalue weighted by molar-refractivity contribution is 6.02. The molecule has 2 amide bonds. The van der Waals surface area contributed by atoms with E-state index < -0.39 is 17.7 Å². The first-order valence-corrected chi connectivity index (χ1v) is 11.3. The Hall–Kier alpha value is -3.00. The number of amides is 2. The minimum Gasteiger partial charge on any atom is -0.489 e. The Labute approximate surface area is 192 Å².